The molecule has 4 rings (SSSR count). The Labute approximate surface area is 208 Å². The van der Waals surface area contributed by atoms with E-state index in [1.807, 2.05) is 0 Å². The van der Waals surface area contributed by atoms with Crippen LogP contribution in [-0.4, -0.2) is 54.2 Å². The van der Waals surface area contributed by atoms with Gasteiger partial charge in [0.05, 0.1) is 11.3 Å². The molecule has 1 atom stereocenters. The molecular formula is C24H28FN3O7S. The molecule has 2 aliphatic rings. The van der Waals surface area contributed by atoms with Crippen molar-refractivity contribution >= 4 is 33.7 Å². The summed E-state index contributed by atoms with van der Waals surface area (Å²) in [4.78, 5) is 30.7. The number of hydrogen-bond acceptors (Lipinski definition) is 7. The number of aromatic nitrogens is 1. The lowest BCUT2D eigenvalue weighted by Crippen LogP contribution is -2.46. The van der Waals surface area contributed by atoms with Crippen LogP contribution in [0.3, 0.4) is 0 Å². The van der Waals surface area contributed by atoms with Crippen LogP contribution in [0.25, 0.3) is 0 Å². The molecule has 0 bridgehead atoms. The van der Waals surface area contributed by atoms with Crippen LogP contribution in [0.5, 0.6) is 5.88 Å². The second-order valence-electron chi connectivity index (χ2n) is 9.90. The van der Waals surface area contributed by atoms with Gasteiger partial charge in [0.15, 0.2) is 5.82 Å². The Balaban J connectivity index is 1.92. The van der Waals surface area contributed by atoms with E-state index in [2.05, 4.69) is 4.98 Å². The summed E-state index contributed by atoms with van der Waals surface area (Å²) in [5.74, 6) is -0.805. The Morgan fingerprint density at radius 3 is 2.44 bits per heavy atom. The fourth-order valence-electron chi connectivity index (χ4n) is 3.86. The van der Waals surface area contributed by atoms with Crippen molar-refractivity contribution in [3.63, 3.8) is 0 Å². The largest absolute Gasteiger partial charge is 0.474 e. The summed E-state index contributed by atoms with van der Waals surface area (Å²) in [5, 5.41) is 9.03. The molecule has 2 amide bonds. The standard InChI is InChI=1S/C24H28FN3O7S/c1-14-13-34-21-19(27(14)22(29)30)12-16(11-15-5-7-17(25)8-6-15)20(26-21)28(23(31)35-24(2,3)4)36(32,33)18-9-10-18/h5-8,12,14,18H,9-11,13H2,1-4H3,(H,29,30). The minimum Gasteiger partial charge on any atom is -0.474 e. The minimum absolute atomic E-state index is 0.00907. The van der Waals surface area contributed by atoms with Crippen molar-refractivity contribution in [3.05, 3.63) is 47.3 Å². The normalized spacial score (nSPS) is 17.7. The van der Waals surface area contributed by atoms with Crippen LogP contribution in [0, 0.1) is 5.82 Å². The van der Waals surface area contributed by atoms with E-state index in [0.717, 1.165) is 4.90 Å². The van der Waals surface area contributed by atoms with Gasteiger partial charge in [-0.25, -0.2) is 22.4 Å². The highest BCUT2D eigenvalue weighted by Gasteiger charge is 2.46. The smallest absolute Gasteiger partial charge is 0.430 e. The summed E-state index contributed by atoms with van der Waals surface area (Å²) in [6, 6.07) is 6.45. The molecule has 2 heterocycles. The zero-order chi connectivity index (χ0) is 26.4. The zero-order valence-electron chi connectivity index (χ0n) is 20.4. The van der Waals surface area contributed by atoms with E-state index in [-0.39, 0.29) is 36.0 Å². The van der Waals surface area contributed by atoms with E-state index in [4.69, 9.17) is 9.47 Å². The predicted molar refractivity (Wildman–Crippen MR) is 130 cm³/mol. The van der Waals surface area contributed by atoms with E-state index in [0.29, 0.717) is 22.7 Å². The number of anilines is 2. The Bertz CT molecular complexity index is 1290. The van der Waals surface area contributed by atoms with Gasteiger partial charge in [0, 0.05) is 12.0 Å². The average molecular weight is 522 g/mol. The van der Waals surface area contributed by atoms with Crippen LogP contribution < -0.4 is 13.9 Å². The number of fused-ring (bicyclic) bond motifs is 1. The zero-order valence-corrected chi connectivity index (χ0v) is 21.2. The third kappa shape index (κ3) is 5.23. The van der Waals surface area contributed by atoms with Gasteiger partial charge in [0.2, 0.25) is 15.9 Å². The molecule has 0 radical (unpaired) electrons. The third-order valence-corrected chi connectivity index (χ3v) is 7.80. The molecule has 1 N–H and O–H groups in total. The molecule has 1 aliphatic carbocycles. The van der Waals surface area contributed by atoms with Gasteiger partial charge in [-0.05, 0) is 64.3 Å². The van der Waals surface area contributed by atoms with Crippen LogP contribution in [0.2, 0.25) is 0 Å². The van der Waals surface area contributed by atoms with Crippen LogP contribution in [0.15, 0.2) is 30.3 Å². The Morgan fingerprint density at radius 2 is 1.89 bits per heavy atom. The Morgan fingerprint density at radius 1 is 1.25 bits per heavy atom. The van der Waals surface area contributed by atoms with Crippen molar-refractivity contribution in [2.24, 2.45) is 0 Å². The van der Waals surface area contributed by atoms with E-state index < -0.39 is 44.9 Å². The monoisotopic (exact) mass is 521 g/mol. The van der Waals surface area contributed by atoms with Crippen LogP contribution in [0.4, 0.5) is 25.5 Å². The van der Waals surface area contributed by atoms with Crippen molar-refractivity contribution in [1.82, 2.24) is 4.98 Å². The Hall–Kier alpha value is -3.41. The molecule has 1 fully saturated rings. The summed E-state index contributed by atoms with van der Waals surface area (Å²) in [5.41, 5.74) is -0.0420. The van der Waals surface area contributed by atoms with Crippen LogP contribution in [-0.2, 0) is 21.2 Å². The number of pyridine rings is 1. The molecule has 2 aromatic rings. The van der Waals surface area contributed by atoms with Crippen molar-refractivity contribution < 1.29 is 37.0 Å². The summed E-state index contributed by atoms with van der Waals surface area (Å²) in [7, 11) is -4.19. The lowest BCUT2D eigenvalue weighted by molar-refractivity contribution is 0.0607. The first kappa shape index (κ1) is 25.7. The molecule has 1 unspecified atom stereocenters. The molecule has 36 heavy (non-hydrogen) atoms. The molecule has 1 aromatic heterocycles. The maximum absolute atomic E-state index is 13.5. The summed E-state index contributed by atoms with van der Waals surface area (Å²) < 4.78 is 52.1. The minimum atomic E-state index is -4.19. The van der Waals surface area contributed by atoms with Crippen molar-refractivity contribution in [2.75, 3.05) is 15.8 Å². The quantitative estimate of drug-likeness (QED) is 0.617. The number of sulfonamides is 1. The first-order valence-electron chi connectivity index (χ1n) is 11.5. The second-order valence-corrected chi connectivity index (χ2v) is 12.0. The second kappa shape index (κ2) is 9.23. The lowest BCUT2D eigenvalue weighted by Gasteiger charge is -2.34. The lowest BCUT2D eigenvalue weighted by atomic mass is 10.0. The van der Waals surface area contributed by atoms with E-state index in [1.54, 1.807) is 27.7 Å². The van der Waals surface area contributed by atoms with Gasteiger partial charge in [-0.3, -0.25) is 4.90 Å². The third-order valence-electron chi connectivity index (χ3n) is 5.65. The van der Waals surface area contributed by atoms with Crippen LogP contribution >= 0.6 is 0 Å². The number of carbonyl (C=O) groups excluding carboxylic acids is 1. The first-order chi connectivity index (χ1) is 16.8. The topological polar surface area (TPSA) is 126 Å². The first-order valence-corrected chi connectivity index (χ1v) is 13.0. The van der Waals surface area contributed by atoms with E-state index in [9.17, 15) is 27.5 Å². The summed E-state index contributed by atoms with van der Waals surface area (Å²) >= 11 is 0. The number of amides is 2. The van der Waals surface area contributed by atoms with Crippen molar-refractivity contribution in [1.29, 1.82) is 0 Å². The van der Waals surface area contributed by atoms with E-state index >= 15 is 0 Å². The highest BCUT2D eigenvalue weighted by atomic mass is 32.2. The molecule has 10 nitrogen and oxygen atoms in total. The molecule has 194 valence electrons. The number of nitrogens with zero attached hydrogens (tertiary/aromatic N) is 3. The number of carbonyl (C=O) groups is 2. The average Bonchev–Trinajstić information content (AvgIpc) is 3.60. The van der Waals surface area contributed by atoms with Gasteiger partial charge in [0.1, 0.15) is 23.7 Å². The highest BCUT2D eigenvalue weighted by Crippen LogP contribution is 2.41. The maximum Gasteiger partial charge on any atom is 0.430 e. The maximum atomic E-state index is 13.5. The Kier molecular flexibility index (Phi) is 6.58. The molecule has 1 aromatic carbocycles. The fraction of sp³-hybridized carbons (Fsp3) is 0.458. The summed E-state index contributed by atoms with van der Waals surface area (Å²) in [6.07, 6.45) is -1.54. The number of carboxylic acid groups (broad SMARTS) is 1. The number of rotatable bonds is 5. The van der Waals surface area contributed by atoms with Crippen molar-refractivity contribution in [3.8, 4) is 5.88 Å². The summed E-state index contributed by atoms with van der Waals surface area (Å²) in [6.45, 7) is 6.49. The van der Waals surface area contributed by atoms with Gasteiger partial charge in [0.25, 0.3) is 0 Å². The van der Waals surface area contributed by atoms with E-state index in [1.165, 1.54) is 30.3 Å². The molecule has 1 saturated carbocycles. The van der Waals surface area contributed by atoms with Gasteiger partial charge in [-0.1, -0.05) is 12.1 Å². The molecule has 0 spiro atoms. The predicted octanol–water partition coefficient (Wildman–Crippen LogP) is 4.31. The van der Waals surface area contributed by atoms with Crippen molar-refractivity contribution in [2.45, 2.75) is 63.9 Å². The van der Waals surface area contributed by atoms with Gasteiger partial charge in [-0.15, -0.1) is 0 Å². The number of benzene rings is 1. The molecule has 12 heteroatoms. The number of halogens is 1. The van der Waals surface area contributed by atoms with Crippen LogP contribution in [0.1, 0.15) is 51.7 Å². The number of ether oxygens (including phenoxy) is 2. The molecular weight excluding hydrogens is 493 g/mol. The van der Waals surface area contributed by atoms with Gasteiger partial charge >= 0.3 is 12.2 Å². The molecule has 0 saturated heterocycles. The highest BCUT2D eigenvalue weighted by molar-refractivity contribution is 7.94. The number of hydrogen-bond donors (Lipinski definition) is 1. The molecule has 1 aliphatic heterocycles. The van der Waals surface area contributed by atoms with Gasteiger partial charge < -0.3 is 14.6 Å². The SMILES string of the molecule is CC1COc2nc(N(C(=O)OC(C)(C)C)S(=O)(=O)C3CC3)c(Cc3ccc(F)cc3)cc2N1C(=O)O. The van der Waals surface area contributed by atoms with Gasteiger partial charge in [-0.2, -0.15) is 9.29 Å². The fourth-order valence-corrected chi connectivity index (χ4v) is 5.53.